The monoisotopic (exact) mass is 446 g/mol. The minimum absolute atomic E-state index is 0.220. The molecule has 9 nitrogen and oxygen atoms in total. The molecule has 3 N–H and O–H groups in total. The van der Waals surface area contributed by atoms with Crippen LogP contribution in [0.25, 0.3) is 0 Å². The summed E-state index contributed by atoms with van der Waals surface area (Å²) < 4.78 is 15.5. The lowest BCUT2D eigenvalue weighted by Gasteiger charge is -2.17. The number of aromatic nitrogens is 2. The molecule has 1 aromatic heterocycles. The van der Waals surface area contributed by atoms with Crippen LogP contribution in [0.15, 0.2) is 88.2 Å². The number of ether oxygens (including phenoxy) is 2. The highest BCUT2D eigenvalue weighted by Gasteiger charge is 2.20. The van der Waals surface area contributed by atoms with Crippen molar-refractivity contribution in [2.24, 2.45) is 0 Å². The van der Waals surface area contributed by atoms with Crippen LogP contribution in [0, 0.1) is 0 Å². The summed E-state index contributed by atoms with van der Waals surface area (Å²) in [4.78, 5) is 26.6. The van der Waals surface area contributed by atoms with E-state index in [0.29, 0.717) is 17.9 Å². The fourth-order valence-corrected chi connectivity index (χ4v) is 3.16. The van der Waals surface area contributed by atoms with Gasteiger partial charge in [0.1, 0.15) is 17.2 Å². The first-order valence-electron chi connectivity index (χ1n) is 10.2. The summed E-state index contributed by atoms with van der Waals surface area (Å²) in [6.45, 7) is 0. The third-order valence-corrected chi connectivity index (χ3v) is 4.78. The van der Waals surface area contributed by atoms with Crippen molar-refractivity contribution in [2.45, 2.75) is 12.5 Å². The summed E-state index contributed by atoms with van der Waals surface area (Å²) in [6.07, 6.45) is 0.379. The van der Waals surface area contributed by atoms with Crippen molar-refractivity contribution in [1.82, 2.24) is 15.5 Å². The Morgan fingerprint density at radius 1 is 0.970 bits per heavy atom. The SMILES string of the molecule is COc1ccc(CC(NC(=O)Nc2ccc(Oc3ccccc3)cc2)c2noc(=O)[nH]2)cc1. The Morgan fingerprint density at radius 3 is 2.27 bits per heavy atom. The van der Waals surface area contributed by atoms with Gasteiger partial charge in [0.05, 0.1) is 13.2 Å². The molecule has 1 atom stereocenters. The highest BCUT2D eigenvalue weighted by molar-refractivity contribution is 5.89. The fourth-order valence-electron chi connectivity index (χ4n) is 3.16. The zero-order valence-corrected chi connectivity index (χ0v) is 17.8. The highest BCUT2D eigenvalue weighted by Crippen LogP contribution is 2.23. The van der Waals surface area contributed by atoms with Crippen LogP contribution in [-0.4, -0.2) is 23.3 Å². The molecule has 9 heteroatoms. The lowest BCUT2D eigenvalue weighted by Crippen LogP contribution is -2.34. The number of methoxy groups -OCH3 is 1. The number of benzene rings is 3. The van der Waals surface area contributed by atoms with E-state index in [1.807, 2.05) is 54.6 Å². The number of nitrogens with zero attached hydrogens (tertiary/aromatic N) is 1. The van der Waals surface area contributed by atoms with Crippen LogP contribution in [0.3, 0.4) is 0 Å². The molecule has 0 spiro atoms. The maximum Gasteiger partial charge on any atom is 0.438 e. The third-order valence-electron chi connectivity index (χ3n) is 4.78. The van der Waals surface area contributed by atoms with Crippen molar-refractivity contribution in [3.63, 3.8) is 0 Å². The van der Waals surface area contributed by atoms with E-state index in [9.17, 15) is 9.59 Å². The molecule has 33 heavy (non-hydrogen) atoms. The van der Waals surface area contributed by atoms with Crippen molar-refractivity contribution < 1.29 is 18.8 Å². The Labute approximate surface area is 189 Å². The molecule has 0 aliphatic rings. The molecule has 0 aliphatic heterocycles. The number of aromatic amines is 1. The maximum atomic E-state index is 12.6. The summed E-state index contributed by atoms with van der Waals surface area (Å²) in [5.41, 5.74) is 1.48. The Bertz CT molecular complexity index is 1230. The zero-order chi connectivity index (χ0) is 23.0. The Balaban J connectivity index is 1.41. The van der Waals surface area contributed by atoms with Gasteiger partial charge in [-0.3, -0.25) is 9.51 Å². The second kappa shape index (κ2) is 10.2. The van der Waals surface area contributed by atoms with Gasteiger partial charge >= 0.3 is 11.8 Å². The Kier molecular flexibility index (Phi) is 6.70. The molecule has 0 aliphatic carbocycles. The number of nitrogens with one attached hydrogen (secondary N) is 3. The van der Waals surface area contributed by atoms with Crippen LogP contribution in [0.2, 0.25) is 0 Å². The highest BCUT2D eigenvalue weighted by atomic mass is 16.5. The number of urea groups is 1. The van der Waals surface area contributed by atoms with E-state index >= 15 is 0 Å². The number of carbonyl (C=O) groups excluding carboxylic acids is 1. The first-order chi connectivity index (χ1) is 16.1. The van der Waals surface area contributed by atoms with Gasteiger partial charge in [-0.25, -0.2) is 9.59 Å². The molecule has 0 saturated carbocycles. The van der Waals surface area contributed by atoms with Crippen LogP contribution in [-0.2, 0) is 6.42 Å². The van der Waals surface area contributed by atoms with E-state index < -0.39 is 17.8 Å². The van der Waals surface area contributed by atoms with E-state index in [0.717, 1.165) is 17.1 Å². The quantitative estimate of drug-likeness (QED) is 0.372. The van der Waals surface area contributed by atoms with Gasteiger partial charge in [0, 0.05) is 12.1 Å². The minimum atomic E-state index is -0.694. The number of rotatable bonds is 8. The van der Waals surface area contributed by atoms with Crippen molar-refractivity contribution in [3.8, 4) is 17.2 Å². The zero-order valence-electron chi connectivity index (χ0n) is 17.8. The molecule has 0 saturated heterocycles. The van der Waals surface area contributed by atoms with Crippen LogP contribution < -0.4 is 25.9 Å². The smallest absolute Gasteiger partial charge is 0.438 e. The predicted octanol–water partition coefficient (Wildman–Crippen LogP) is 4.27. The van der Waals surface area contributed by atoms with Crippen LogP contribution in [0.5, 0.6) is 17.2 Å². The maximum absolute atomic E-state index is 12.6. The largest absolute Gasteiger partial charge is 0.497 e. The average molecular weight is 446 g/mol. The first-order valence-corrected chi connectivity index (χ1v) is 10.2. The molecule has 0 fully saturated rings. The van der Waals surface area contributed by atoms with E-state index in [2.05, 4.69) is 25.3 Å². The van der Waals surface area contributed by atoms with E-state index in [4.69, 9.17) is 9.47 Å². The van der Waals surface area contributed by atoms with Gasteiger partial charge in [0.2, 0.25) is 0 Å². The number of H-pyrrole nitrogens is 1. The normalized spacial score (nSPS) is 11.4. The van der Waals surface area contributed by atoms with E-state index in [1.165, 1.54) is 0 Å². The van der Waals surface area contributed by atoms with Crippen molar-refractivity contribution in [2.75, 3.05) is 12.4 Å². The van der Waals surface area contributed by atoms with E-state index in [-0.39, 0.29) is 5.82 Å². The summed E-state index contributed by atoms with van der Waals surface area (Å²) in [5.74, 6) is 1.61. The van der Waals surface area contributed by atoms with Gasteiger partial charge in [-0.15, -0.1) is 0 Å². The Morgan fingerprint density at radius 2 is 1.64 bits per heavy atom. The minimum Gasteiger partial charge on any atom is -0.497 e. The summed E-state index contributed by atoms with van der Waals surface area (Å²) in [6, 6.07) is 22.7. The number of amides is 2. The molecular weight excluding hydrogens is 424 g/mol. The summed E-state index contributed by atoms with van der Waals surface area (Å²) in [5, 5.41) is 9.32. The third kappa shape index (κ3) is 6.01. The molecule has 0 radical (unpaired) electrons. The summed E-state index contributed by atoms with van der Waals surface area (Å²) >= 11 is 0. The van der Waals surface area contributed by atoms with Gasteiger partial charge < -0.3 is 20.1 Å². The van der Waals surface area contributed by atoms with Gasteiger partial charge in [-0.1, -0.05) is 35.5 Å². The van der Waals surface area contributed by atoms with Gasteiger partial charge in [-0.05, 0) is 54.1 Å². The number of para-hydroxylation sites is 1. The van der Waals surface area contributed by atoms with Crippen LogP contribution >= 0.6 is 0 Å². The van der Waals surface area contributed by atoms with Gasteiger partial charge in [0.25, 0.3) is 0 Å². The molecular formula is C24H22N4O5. The molecule has 168 valence electrons. The molecule has 4 aromatic rings. The van der Waals surface area contributed by atoms with Gasteiger partial charge in [0.15, 0.2) is 5.82 Å². The molecule has 0 bridgehead atoms. The number of hydrogen-bond donors (Lipinski definition) is 3. The molecule has 4 rings (SSSR count). The molecule has 1 unspecified atom stereocenters. The van der Waals surface area contributed by atoms with Crippen molar-refractivity contribution in [1.29, 1.82) is 0 Å². The van der Waals surface area contributed by atoms with Crippen molar-refractivity contribution in [3.05, 3.63) is 101 Å². The van der Waals surface area contributed by atoms with Crippen LogP contribution in [0.1, 0.15) is 17.4 Å². The predicted molar refractivity (Wildman–Crippen MR) is 122 cm³/mol. The van der Waals surface area contributed by atoms with E-state index in [1.54, 1.807) is 31.4 Å². The van der Waals surface area contributed by atoms with Crippen molar-refractivity contribution >= 4 is 11.7 Å². The second-order valence-corrected chi connectivity index (χ2v) is 7.12. The molecule has 2 amide bonds. The average Bonchev–Trinajstić information content (AvgIpc) is 3.27. The summed E-state index contributed by atoms with van der Waals surface area (Å²) in [7, 11) is 1.59. The molecule has 3 aromatic carbocycles. The first kappa shape index (κ1) is 21.7. The van der Waals surface area contributed by atoms with Crippen LogP contribution in [0.4, 0.5) is 10.5 Å². The fraction of sp³-hybridized carbons (Fsp3) is 0.125. The number of carbonyl (C=O) groups is 1. The lowest BCUT2D eigenvalue weighted by molar-refractivity contribution is 0.247. The Hall–Kier alpha value is -4.53. The lowest BCUT2D eigenvalue weighted by atomic mass is 10.1. The van der Waals surface area contributed by atoms with Gasteiger partial charge in [-0.2, -0.15) is 0 Å². The number of anilines is 1. The molecule has 1 heterocycles. The topological polar surface area (TPSA) is 118 Å². The number of hydrogen-bond acceptors (Lipinski definition) is 6. The second-order valence-electron chi connectivity index (χ2n) is 7.12. The standard InChI is InChI=1S/C24H22N4O5/c1-31-18-11-7-16(8-12-18)15-21(22-27-24(30)33-28-22)26-23(29)25-17-9-13-20(14-10-17)32-19-5-3-2-4-6-19/h2-14,21H,15H2,1H3,(H2,25,26,29)(H,27,28,30).